The highest BCUT2D eigenvalue weighted by molar-refractivity contribution is 6.30. The number of rotatable bonds is 3. The molecule has 2 heterocycles. The second-order valence-corrected chi connectivity index (χ2v) is 5.57. The van der Waals surface area contributed by atoms with Crippen LogP contribution >= 0.6 is 0 Å². The van der Waals surface area contributed by atoms with E-state index in [-0.39, 0.29) is 17.4 Å². The highest BCUT2D eigenvalue weighted by atomic mass is 16.2. The average Bonchev–Trinajstić information content (AvgIpc) is 2.84. The second kappa shape index (κ2) is 5.72. The Labute approximate surface area is 133 Å². The number of aromatic nitrogens is 2. The van der Waals surface area contributed by atoms with E-state index < -0.39 is 5.92 Å². The molecular weight excluding hydrogens is 292 g/mol. The highest BCUT2D eigenvalue weighted by Gasteiger charge is 2.41. The molecule has 6 heteroatoms. The number of aryl methyl sites for hydroxylation is 2. The van der Waals surface area contributed by atoms with E-state index in [1.165, 1.54) is 23.6 Å². The summed E-state index contributed by atoms with van der Waals surface area (Å²) in [7, 11) is 0. The molecule has 0 saturated carbocycles. The molecule has 0 fully saturated rings. The number of ketones is 1. The average molecular weight is 308 g/mol. The van der Waals surface area contributed by atoms with E-state index in [1.807, 2.05) is 32.0 Å². The van der Waals surface area contributed by atoms with Crippen LogP contribution in [0.15, 0.2) is 41.9 Å². The molecule has 1 atom stereocenters. The van der Waals surface area contributed by atoms with E-state index in [4.69, 9.17) is 0 Å². The van der Waals surface area contributed by atoms with Gasteiger partial charge in [0.25, 0.3) is 5.91 Å². The largest absolute Gasteiger partial charge is 0.291 e. The maximum atomic E-state index is 12.7. The van der Waals surface area contributed by atoms with Crippen molar-refractivity contribution < 1.29 is 9.59 Å². The third-order valence-corrected chi connectivity index (χ3v) is 3.80. The number of carbonyl (C=O) groups excluding carboxylic acids is 2. The Bertz CT molecular complexity index is 815. The summed E-state index contributed by atoms with van der Waals surface area (Å²) in [5.41, 5.74) is 3.28. The monoisotopic (exact) mass is 308 g/mol. The first-order valence-corrected chi connectivity index (χ1v) is 7.25. The van der Waals surface area contributed by atoms with E-state index >= 15 is 0 Å². The molecule has 0 N–H and O–H groups in total. The molecule has 0 spiro atoms. The summed E-state index contributed by atoms with van der Waals surface area (Å²) in [6.07, 6.45) is 4.28. The number of Topliss-reactive ketones (excluding diaryl/α,β-unsaturated/α-hetero) is 1. The number of benzene rings is 1. The molecule has 3 rings (SSSR count). The molecule has 0 aliphatic carbocycles. The van der Waals surface area contributed by atoms with Gasteiger partial charge in [-0.05, 0) is 38.0 Å². The predicted molar refractivity (Wildman–Crippen MR) is 86.4 cm³/mol. The summed E-state index contributed by atoms with van der Waals surface area (Å²) < 4.78 is 0. The van der Waals surface area contributed by atoms with Crippen LogP contribution in [0.25, 0.3) is 0 Å². The van der Waals surface area contributed by atoms with Crippen molar-refractivity contribution in [1.29, 1.82) is 0 Å². The van der Waals surface area contributed by atoms with Crippen LogP contribution in [-0.4, -0.2) is 27.4 Å². The summed E-state index contributed by atoms with van der Waals surface area (Å²) >= 11 is 0. The molecule has 1 aromatic heterocycles. The minimum absolute atomic E-state index is 0.170. The Hall–Kier alpha value is -2.89. The Morgan fingerprint density at radius 3 is 2.65 bits per heavy atom. The SMILES string of the molecule is CC1=NN(c2cc(C)ccc2C)C(=O)[C@@H]1C(=O)c1cnccn1. The zero-order chi connectivity index (χ0) is 16.6. The van der Waals surface area contributed by atoms with Gasteiger partial charge in [0.2, 0.25) is 5.78 Å². The van der Waals surface area contributed by atoms with Crippen molar-refractivity contribution in [2.24, 2.45) is 11.0 Å². The molecule has 1 amide bonds. The number of hydrogen-bond donors (Lipinski definition) is 0. The van der Waals surface area contributed by atoms with Crippen LogP contribution < -0.4 is 5.01 Å². The summed E-state index contributed by atoms with van der Waals surface area (Å²) in [6.45, 7) is 5.54. The van der Waals surface area contributed by atoms with Crippen molar-refractivity contribution in [3.63, 3.8) is 0 Å². The van der Waals surface area contributed by atoms with Crippen molar-refractivity contribution in [1.82, 2.24) is 9.97 Å². The standard InChI is InChI=1S/C17H16N4O2/c1-10-4-5-11(2)14(8-10)21-17(23)15(12(3)20-21)16(22)13-9-18-6-7-19-13/h4-9,15H,1-3H3/t15-/m0/s1. The maximum Gasteiger partial charge on any atom is 0.264 e. The normalized spacial score (nSPS) is 17.3. The fourth-order valence-corrected chi connectivity index (χ4v) is 2.56. The Balaban J connectivity index is 1.96. The van der Waals surface area contributed by atoms with Gasteiger partial charge in [0.15, 0.2) is 0 Å². The number of amides is 1. The molecule has 116 valence electrons. The van der Waals surface area contributed by atoms with Crippen LogP contribution in [0.5, 0.6) is 0 Å². The lowest BCUT2D eigenvalue weighted by Crippen LogP contribution is -2.33. The van der Waals surface area contributed by atoms with Gasteiger partial charge in [-0.3, -0.25) is 14.6 Å². The summed E-state index contributed by atoms with van der Waals surface area (Å²) in [5.74, 6) is -1.67. The summed E-state index contributed by atoms with van der Waals surface area (Å²) in [6, 6.07) is 5.79. The number of nitrogens with zero attached hydrogens (tertiary/aromatic N) is 4. The first-order valence-electron chi connectivity index (χ1n) is 7.25. The van der Waals surface area contributed by atoms with E-state index in [0.717, 1.165) is 11.1 Å². The molecule has 0 bridgehead atoms. The number of anilines is 1. The quantitative estimate of drug-likeness (QED) is 0.644. The topological polar surface area (TPSA) is 75.5 Å². The zero-order valence-electron chi connectivity index (χ0n) is 13.1. The maximum absolute atomic E-state index is 12.7. The van der Waals surface area contributed by atoms with Gasteiger partial charge >= 0.3 is 0 Å². The van der Waals surface area contributed by atoms with E-state index in [0.29, 0.717) is 11.4 Å². The molecular formula is C17H16N4O2. The fraction of sp³-hybridized carbons (Fsp3) is 0.235. The molecule has 6 nitrogen and oxygen atoms in total. The van der Waals surface area contributed by atoms with Gasteiger partial charge in [-0.25, -0.2) is 4.98 Å². The molecule has 23 heavy (non-hydrogen) atoms. The zero-order valence-corrected chi connectivity index (χ0v) is 13.1. The van der Waals surface area contributed by atoms with Gasteiger partial charge in [-0.2, -0.15) is 10.1 Å². The molecule has 0 saturated heterocycles. The Morgan fingerprint density at radius 1 is 1.17 bits per heavy atom. The van der Waals surface area contributed by atoms with Crippen LogP contribution in [0.1, 0.15) is 28.5 Å². The van der Waals surface area contributed by atoms with Gasteiger partial charge in [0.05, 0.1) is 17.6 Å². The van der Waals surface area contributed by atoms with Gasteiger partial charge in [-0.15, -0.1) is 0 Å². The molecule has 1 aromatic carbocycles. The van der Waals surface area contributed by atoms with Crippen molar-refractivity contribution in [2.75, 3.05) is 5.01 Å². The van der Waals surface area contributed by atoms with E-state index in [1.54, 1.807) is 6.92 Å². The molecule has 0 unspecified atom stereocenters. The van der Waals surface area contributed by atoms with Crippen LogP contribution in [0.4, 0.5) is 5.69 Å². The number of hydrogen-bond acceptors (Lipinski definition) is 5. The van der Waals surface area contributed by atoms with Crippen molar-refractivity contribution in [3.05, 3.63) is 53.6 Å². The molecule has 1 aliphatic heterocycles. The first kappa shape index (κ1) is 15.0. The fourth-order valence-electron chi connectivity index (χ4n) is 2.56. The lowest BCUT2D eigenvalue weighted by Gasteiger charge is -2.16. The van der Waals surface area contributed by atoms with Crippen LogP contribution in [0, 0.1) is 19.8 Å². The van der Waals surface area contributed by atoms with Gasteiger partial charge in [-0.1, -0.05) is 12.1 Å². The summed E-state index contributed by atoms with van der Waals surface area (Å²) in [4.78, 5) is 33.2. The lowest BCUT2D eigenvalue weighted by atomic mass is 9.97. The van der Waals surface area contributed by atoms with Crippen LogP contribution in [0.3, 0.4) is 0 Å². The second-order valence-electron chi connectivity index (χ2n) is 5.57. The first-order chi connectivity index (χ1) is 11.0. The van der Waals surface area contributed by atoms with Crippen molar-refractivity contribution in [2.45, 2.75) is 20.8 Å². The smallest absolute Gasteiger partial charge is 0.264 e. The van der Waals surface area contributed by atoms with Crippen molar-refractivity contribution in [3.8, 4) is 0 Å². The third-order valence-electron chi connectivity index (χ3n) is 3.80. The molecule has 1 aliphatic rings. The highest BCUT2D eigenvalue weighted by Crippen LogP contribution is 2.29. The van der Waals surface area contributed by atoms with Crippen LogP contribution in [-0.2, 0) is 4.79 Å². The minimum Gasteiger partial charge on any atom is -0.291 e. The van der Waals surface area contributed by atoms with Gasteiger partial charge in [0.1, 0.15) is 11.6 Å². The Morgan fingerprint density at radius 2 is 1.96 bits per heavy atom. The van der Waals surface area contributed by atoms with Gasteiger partial charge in [0, 0.05) is 12.4 Å². The molecule has 2 aromatic rings. The van der Waals surface area contributed by atoms with E-state index in [2.05, 4.69) is 15.1 Å². The Kier molecular flexibility index (Phi) is 3.73. The summed E-state index contributed by atoms with van der Waals surface area (Å²) in [5, 5.41) is 5.62. The third kappa shape index (κ3) is 2.63. The predicted octanol–water partition coefficient (Wildman–Crippen LogP) is 2.32. The number of hydrazone groups is 1. The lowest BCUT2D eigenvalue weighted by molar-refractivity contribution is -0.118. The van der Waals surface area contributed by atoms with Crippen LogP contribution in [0.2, 0.25) is 0 Å². The van der Waals surface area contributed by atoms with Gasteiger partial charge < -0.3 is 0 Å². The van der Waals surface area contributed by atoms with E-state index in [9.17, 15) is 9.59 Å². The van der Waals surface area contributed by atoms with Crippen molar-refractivity contribution >= 4 is 23.1 Å². The molecule has 0 radical (unpaired) electrons. The minimum atomic E-state index is -0.938. The number of carbonyl (C=O) groups is 2.